The van der Waals surface area contributed by atoms with Crippen LogP contribution in [0.1, 0.15) is 30.3 Å². The molecule has 2 heterocycles. The third kappa shape index (κ3) is 3.83. The molecule has 0 radical (unpaired) electrons. The Hall–Kier alpha value is -2.50. The van der Waals surface area contributed by atoms with E-state index in [1.165, 1.54) is 24.5 Å². The van der Waals surface area contributed by atoms with Crippen LogP contribution in [0.15, 0.2) is 36.7 Å². The van der Waals surface area contributed by atoms with Crippen LogP contribution in [-0.4, -0.2) is 33.9 Å². The first kappa shape index (κ1) is 15.4. The Balaban J connectivity index is 1.68. The van der Waals surface area contributed by atoms with E-state index in [1.54, 1.807) is 12.1 Å². The summed E-state index contributed by atoms with van der Waals surface area (Å²) in [6.07, 6.45) is 5.14. The summed E-state index contributed by atoms with van der Waals surface area (Å²) in [7, 11) is 0. The first-order valence-electron chi connectivity index (χ1n) is 7.76. The van der Waals surface area contributed by atoms with Crippen molar-refractivity contribution in [1.82, 2.24) is 14.9 Å². The zero-order valence-corrected chi connectivity index (χ0v) is 13.0. The summed E-state index contributed by atoms with van der Waals surface area (Å²) in [5.74, 6) is 0.587. The topological polar surface area (TPSA) is 58.1 Å². The Morgan fingerprint density at radius 2 is 2.22 bits per heavy atom. The molecular formula is C17H19FN4O. The Labute approximate surface area is 134 Å². The summed E-state index contributed by atoms with van der Waals surface area (Å²) in [4.78, 5) is 22.6. The number of nitrogens with one attached hydrogen (secondary N) is 1. The molecule has 3 rings (SSSR count). The number of halogens is 1. The molecular weight excluding hydrogens is 295 g/mol. The number of piperidine rings is 1. The Kier molecular flexibility index (Phi) is 4.50. The Morgan fingerprint density at radius 3 is 2.91 bits per heavy atom. The summed E-state index contributed by atoms with van der Waals surface area (Å²) in [6.45, 7) is 3.69. The molecule has 1 aromatic carbocycles. The molecule has 2 aromatic rings. The van der Waals surface area contributed by atoms with Crippen LogP contribution in [-0.2, 0) is 0 Å². The maximum atomic E-state index is 13.2. The highest BCUT2D eigenvalue weighted by Crippen LogP contribution is 2.18. The average molecular weight is 314 g/mol. The molecule has 1 aliphatic heterocycles. The molecule has 0 saturated carbocycles. The van der Waals surface area contributed by atoms with E-state index in [0.29, 0.717) is 23.1 Å². The van der Waals surface area contributed by atoms with Gasteiger partial charge in [-0.05, 0) is 37.0 Å². The molecule has 1 saturated heterocycles. The van der Waals surface area contributed by atoms with Crippen molar-refractivity contribution in [3.8, 4) is 0 Å². The lowest BCUT2D eigenvalue weighted by Crippen LogP contribution is -2.39. The van der Waals surface area contributed by atoms with Crippen molar-refractivity contribution in [2.24, 2.45) is 5.92 Å². The fourth-order valence-corrected chi connectivity index (χ4v) is 2.75. The SMILES string of the molecule is CC1CCCN(C(=O)c2cnc(Nc3cccc(F)c3)cn2)C1. The molecule has 1 atom stereocenters. The summed E-state index contributed by atoms with van der Waals surface area (Å²) in [5, 5.41) is 2.96. The summed E-state index contributed by atoms with van der Waals surface area (Å²) < 4.78 is 13.2. The number of carbonyl (C=O) groups is 1. The van der Waals surface area contributed by atoms with Crippen LogP contribution in [0.2, 0.25) is 0 Å². The van der Waals surface area contributed by atoms with Crippen molar-refractivity contribution in [2.75, 3.05) is 18.4 Å². The molecule has 1 aromatic heterocycles. The van der Waals surface area contributed by atoms with Gasteiger partial charge in [-0.15, -0.1) is 0 Å². The first-order chi connectivity index (χ1) is 11.1. The second-order valence-corrected chi connectivity index (χ2v) is 5.92. The van der Waals surface area contributed by atoms with Crippen LogP contribution >= 0.6 is 0 Å². The zero-order valence-electron chi connectivity index (χ0n) is 13.0. The molecule has 6 heteroatoms. The van der Waals surface area contributed by atoms with Gasteiger partial charge in [-0.3, -0.25) is 4.79 Å². The number of hydrogen-bond acceptors (Lipinski definition) is 4. The third-order valence-electron chi connectivity index (χ3n) is 3.91. The highest BCUT2D eigenvalue weighted by molar-refractivity contribution is 5.92. The van der Waals surface area contributed by atoms with Crippen LogP contribution in [0, 0.1) is 11.7 Å². The molecule has 1 aliphatic rings. The highest BCUT2D eigenvalue weighted by Gasteiger charge is 2.23. The monoisotopic (exact) mass is 314 g/mol. The van der Waals surface area contributed by atoms with E-state index in [-0.39, 0.29) is 11.7 Å². The van der Waals surface area contributed by atoms with E-state index in [0.717, 1.165) is 25.9 Å². The second kappa shape index (κ2) is 6.73. The quantitative estimate of drug-likeness (QED) is 0.945. The van der Waals surface area contributed by atoms with Gasteiger partial charge in [-0.2, -0.15) is 0 Å². The number of amides is 1. The normalized spacial score (nSPS) is 17.8. The molecule has 0 bridgehead atoms. The predicted molar refractivity (Wildman–Crippen MR) is 86.0 cm³/mol. The summed E-state index contributed by atoms with van der Waals surface area (Å²) in [5.41, 5.74) is 0.923. The number of carbonyl (C=O) groups excluding carboxylic acids is 1. The molecule has 120 valence electrons. The van der Waals surface area contributed by atoms with E-state index in [4.69, 9.17) is 0 Å². The molecule has 5 nitrogen and oxygen atoms in total. The van der Waals surface area contributed by atoms with Gasteiger partial charge in [-0.1, -0.05) is 13.0 Å². The molecule has 1 amide bonds. The number of rotatable bonds is 3. The minimum atomic E-state index is -0.325. The van der Waals surface area contributed by atoms with Gasteiger partial charge in [0.15, 0.2) is 0 Å². The lowest BCUT2D eigenvalue weighted by molar-refractivity contribution is 0.0676. The largest absolute Gasteiger partial charge is 0.339 e. The Morgan fingerprint density at radius 1 is 1.35 bits per heavy atom. The van der Waals surface area contributed by atoms with Gasteiger partial charge >= 0.3 is 0 Å². The van der Waals surface area contributed by atoms with Crippen molar-refractivity contribution >= 4 is 17.4 Å². The van der Waals surface area contributed by atoms with Crippen molar-refractivity contribution < 1.29 is 9.18 Å². The number of hydrogen-bond donors (Lipinski definition) is 1. The molecule has 0 aliphatic carbocycles. The van der Waals surface area contributed by atoms with Crippen LogP contribution in [0.3, 0.4) is 0 Å². The van der Waals surface area contributed by atoms with Gasteiger partial charge in [0, 0.05) is 18.8 Å². The fourth-order valence-electron chi connectivity index (χ4n) is 2.75. The number of benzene rings is 1. The van der Waals surface area contributed by atoms with Crippen molar-refractivity contribution in [2.45, 2.75) is 19.8 Å². The zero-order chi connectivity index (χ0) is 16.2. The average Bonchev–Trinajstić information content (AvgIpc) is 2.55. The van der Waals surface area contributed by atoms with Crippen LogP contribution in [0.25, 0.3) is 0 Å². The number of likely N-dealkylation sites (tertiary alicyclic amines) is 1. The van der Waals surface area contributed by atoms with E-state index in [9.17, 15) is 9.18 Å². The van der Waals surface area contributed by atoms with Gasteiger partial charge in [0.2, 0.25) is 0 Å². The minimum Gasteiger partial charge on any atom is -0.339 e. The third-order valence-corrected chi connectivity index (χ3v) is 3.91. The van der Waals surface area contributed by atoms with E-state index >= 15 is 0 Å². The van der Waals surface area contributed by atoms with Crippen molar-refractivity contribution in [3.63, 3.8) is 0 Å². The molecule has 1 fully saturated rings. The maximum absolute atomic E-state index is 13.2. The molecule has 23 heavy (non-hydrogen) atoms. The second-order valence-electron chi connectivity index (χ2n) is 5.92. The number of aromatic nitrogens is 2. The van der Waals surface area contributed by atoms with Gasteiger partial charge in [0.25, 0.3) is 5.91 Å². The lowest BCUT2D eigenvalue weighted by Gasteiger charge is -2.30. The number of nitrogens with zero attached hydrogens (tertiary/aromatic N) is 3. The molecule has 1 N–H and O–H groups in total. The maximum Gasteiger partial charge on any atom is 0.274 e. The van der Waals surface area contributed by atoms with Crippen LogP contribution in [0.5, 0.6) is 0 Å². The first-order valence-corrected chi connectivity index (χ1v) is 7.76. The van der Waals surface area contributed by atoms with E-state index in [1.807, 2.05) is 4.90 Å². The molecule has 1 unspecified atom stereocenters. The Bertz CT molecular complexity index is 689. The van der Waals surface area contributed by atoms with Crippen molar-refractivity contribution in [1.29, 1.82) is 0 Å². The predicted octanol–water partition coefficient (Wildman–Crippen LogP) is 3.23. The fraction of sp³-hybridized carbons (Fsp3) is 0.353. The van der Waals surface area contributed by atoms with Gasteiger partial charge in [-0.25, -0.2) is 14.4 Å². The number of anilines is 2. The van der Waals surface area contributed by atoms with Crippen molar-refractivity contribution in [3.05, 3.63) is 48.2 Å². The smallest absolute Gasteiger partial charge is 0.274 e. The van der Waals surface area contributed by atoms with Gasteiger partial charge < -0.3 is 10.2 Å². The van der Waals surface area contributed by atoms with E-state index in [2.05, 4.69) is 22.2 Å². The lowest BCUT2D eigenvalue weighted by atomic mass is 10.0. The van der Waals surface area contributed by atoms with E-state index < -0.39 is 0 Å². The summed E-state index contributed by atoms with van der Waals surface area (Å²) in [6, 6.07) is 6.09. The van der Waals surface area contributed by atoms with Crippen LogP contribution < -0.4 is 5.32 Å². The summed E-state index contributed by atoms with van der Waals surface area (Å²) >= 11 is 0. The standard InChI is InChI=1S/C17H19FN4O/c1-12-4-3-7-22(11-12)17(23)15-9-20-16(10-19-15)21-14-6-2-5-13(18)8-14/h2,5-6,8-10,12H,3-4,7,11H2,1H3,(H,20,21). The van der Waals surface area contributed by atoms with Gasteiger partial charge in [0.05, 0.1) is 12.4 Å². The van der Waals surface area contributed by atoms with Crippen LogP contribution in [0.4, 0.5) is 15.9 Å². The van der Waals surface area contributed by atoms with Gasteiger partial charge in [0.1, 0.15) is 17.3 Å². The highest BCUT2D eigenvalue weighted by atomic mass is 19.1. The molecule has 0 spiro atoms. The minimum absolute atomic E-state index is 0.0821.